The quantitative estimate of drug-likeness (QED) is 0.387. The number of hydrogen-bond donors (Lipinski definition) is 4. The van der Waals surface area contributed by atoms with Gasteiger partial charge in [0.25, 0.3) is 5.91 Å². The number of carboxylic acid groups (broad SMARTS) is 1. The minimum absolute atomic E-state index is 0.0189. The number of aromatic nitrogens is 2. The van der Waals surface area contributed by atoms with Gasteiger partial charge in [-0.05, 0) is 5.41 Å². The number of nitrogens with zero attached hydrogens (tertiary/aromatic N) is 3. The van der Waals surface area contributed by atoms with Crippen molar-refractivity contribution in [2.24, 2.45) is 5.41 Å². The zero-order valence-electron chi connectivity index (χ0n) is 24.7. The second-order valence-corrected chi connectivity index (χ2v) is 12.5. The average Bonchev–Trinajstić information content (AvgIpc) is 3.53. The number of hydrogen-bond acceptors (Lipinski definition) is 8. The lowest BCUT2D eigenvalue weighted by molar-refractivity contribution is -0.150. The predicted molar refractivity (Wildman–Crippen MR) is 156 cm³/mol. The van der Waals surface area contributed by atoms with Crippen LogP contribution in [0.1, 0.15) is 90.1 Å². The molecule has 3 heterocycles. The molecule has 13 heteroatoms. The van der Waals surface area contributed by atoms with Gasteiger partial charge in [-0.25, -0.2) is 9.78 Å². The molecule has 0 bridgehead atoms. The van der Waals surface area contributed by atoms with Crippen LogP contribution in [0.2, 0.25) is 0 Å². The highest BCUT2D eigenvalue weighted by atomic mass is 32.2. The largest absolute Gasteiger partial charge is 0.480 e. The minimum Gasteiger partial charge on any atom is -0.480 e. The van der Waals surface area contributed by atoms with Crippen LogP contribution >= 0.6 is 11.8 Å². The third-order valence-electron chi connectivity index (χ3n) is 6.86. The summed E-state index contributed by atoms with van der Waals surface area (Å²) >= 11 is 1.28. The van der Waals surface area contributed by atoms with Gasteiger partial charge in [0.15, 0.2) is 0 Å². The Morgan fingerprint density at radius 3 is 2.20 bits per heavy atom. The van der Waals surface area contributed by atoms with E-state index >= 15 is 0 Å². The highest BCUT2D eigenvalue weighted by molar-refractivity contribution is 8.01. The molecule has 2 saturated heterocycles. The molecule has 3 fully saturated rings. The van der Waals surface area contributed by atoms with E-state index in [1.807, 2.05) is 13.8 Å². The van der Waals surface area contributed by atoms with Gasteiger partial charge in [-0.2, -0.15) is 0 Å². The zero-order chi connectivity index (χ0) is 30.6. The molecule has 1 spiro atoms. The zero-order valence-corrected chi connectivity index (χ0v) is 25.5. The number of carbonyl (C=O) groups is 5. The molecular formula is C28H44N6O6S. The summed E-state index contributed by atoms with van der Waals surface area (Å²) in [4.78, 5) is 69.7. The van der Waals surface area contributed by atoms with Gasteiger partial charge in [0.05, 0.1) is 25.0 Å². The Hall–Kier alpha value is -3.22. The van der Waals surface area contributed by atoms with Crippen LogP contribution in [-0.2, 0) is 19.2 Å². The highest BCUT2D eigenvalue weighted by Gasteiger charge is 2.54. The van der Waals surface area contributed by atoms with Crippen LogP contribution in [-0.4, -0.2) is 85.4 Å². The number of rotatable bonds is 6. The summed E-state index contributed by atoms with van der Waals surface area (Å²) in [5, 5.41) is 17.5. The highest BCUT2D eigenvalue weighted by Crippen LogP contribution is 2.40. The molecule has 3 unspecified atom stereocenters. The van der Waals surface area contributed by atoms with Gasteiger partial charge in [0.2, 0.25) is 17.7 Å². The first kappa shape index (κ1) is 34.0. The maximum absolute atomic E-state index is 13.4. The fraction of sp³-hybridized carbons (Fsp3) is 0.679. The van der Waals surface area contributed by atoms with Gasteiger partial charge in [-0.3, -0.25) is 24.2 Å². The minimum atomic E-state index is -1.18. The predicted octanol–water partition coefficient (Wildman–Crippen LogP) is 2.35. The first-order valence-corrected chi connectivity index (χ1v) is 15.2. The molecule has 41 heavy (non-hydrogen) atoms. The number of likely N-dealkylation sites (tertiary alicyclic amines) is 1. The number of amides is 4. The van der Waals surface area contributed by atoms with Gasteiger partial charge in [-0.15, -0.1) is 11.8 Å². The molecule has 3 atom stereocenters. The van der Waals surface area contributed by atoms with Crippen LogP contribution in [0.25, 0.3) is 0 Å². The molecule has 3 aliphatic rings. The second-order valence-electron chi connectivity index (χ2n) is 11.1. The van der Waals surface area contributed by atoms with Crippen LogP contribution in [0.15, 0.2) is 18.6 Å². The standard InChI is InChI=1S/C20H26N6O6S.C6H12.C2H6/c1-19(2,3)15(24-13(27)8-23-16(29)11-7-21-4-5-22-11)17(30)26-10-20(6-12(26)18(31)32)25-14(28)9-33-20;1-2-4-6-5-3-1;1-2/h4-5,7,12,15H,6,8-10H2,1-3H3,(H,23,29)(H,24,27)(H,25,28)(H,31,32);1-6H2;1-2H3. The summed E-state index contributed by atoms with van der Waals surface area (Å²) in [5.41, 5.74) is -0.719. The summed E-state index contributed by atoms with van der Waals surface area (Å²) < 4.78 is 0. The topological polar surface area (TPSA) is 171 Å². The first-order chi connectivity index (χ1) is 19.4. The van der Waals surface area contributed by atoms with Crippen molar-refractivity contribution in [3.8, 4) is 0 Å². The fourth-order valence-corrected chi connectivity index (χ4v) is 5.98. The monoisotopic (exact) mass is 592 g/mol. The summed E-state index contributed by atoms with van der Waals surface area (Å²) in [7, 11) is 0. The van der Waals surface area contributed by atoms with Gasteiger partial charge in [0, 0.05) is 18.8 Å². The van der Waals surface area contributed by atoms with Crippen molar-refractivity contribution in [3.05, 3.63) is 24.3 Å². The molecule has 0 radical (unpaired) electrons. The SMILES string of the molecule is C1CCCCC1.CC.CC(C)(C)C(NC(=O)CNC(=O)c1cnccn1)C(=O)N1CC2(CC1C(=O)O)NC(=O)CS2. The van der Waals surface area contributed by atoms with Crippen molar-refractivity contribution in [2.75, 3.05) is 18.8 Å². The van der Waals surface area contributed by atoms with E-state index in [-0.39, 0.29) is 30.3 Å². The molecule has 1 saturated carbocycles. The Kier molecular flexibility index (Phi) is 13.0. The van der Waals surface area contributed by atoms with E-state index in [9.17, 15) is 29.1 Å². The summed E-state index contributed by atoms with van der Waals surface area (Å²) in [6.07, 6.45) is 13.1. The van der Waals surface area contributed by atoms with Crippen molar-refractivity contribution < 1.29 is 29.1 Å². The lowest BCUT2D eigenvalue weighted by atomic mass is 9.85. The number of thioether (sulfide) groups is 1. The van der Waals surface area contributed by atoms with E-state index in [4.69, 9.17) is 0 Å². The van der Waals surface area contributed by atoms with E-state index in [0.29, 0.717) is 0 Å². The maximum Gasteiger partial charge on any atom is 0.326 e. The van der Waals surface area contributed by atoms with Crippen molar-refractivity contribution in [1.82, 2.24) is 30.8 Å². The van der Waals surface area contributed by atoms with Crippen LogP contribution in [0, 0.1) is 5.41 Å². The van der Waals surface area contributed by atoms with Crippen LogP contribution in [0.4, 0.5) is 0 Å². The Morgan fingerprint density at radius 2 is 1.73 bits per heavy atom. The smallest absolute Gasteiger partial charge is 0.326 e. The average molecular weight is 593 g/mol. The lowest BCUT2D eigenvalue weighted by Crippen LogP contribution is -2.58. The second kappa shape index (κ2) is 15.7. The first-order valence-electron chi connectivity index (χ1n) is 14.2. The number of nitrogens with one attached hydrogen (secondary N) is 3. The van der Waals surface area contributed by atoms with Gasteiger partial charge >= 0.3 is 5.97 Å². The Labute approximate surface area is 246 Å². The summed E-state index contributed by atoms with van der Waals surface area (Å²) in [6, 6.07) is -2.20. The van der Waals surface area contributed by atoms with Gasteiger partial charge < -0.3 is 26.0 Å². The van der Waals surface area contributed by atoms with Crippen LogP contribution in [0.3, 0.4) is 0 Å². The van der Waals surface area contributed by atoms with E-state index < -0.39 is 52.6 Å². The number of carboxylic acids is 1. The van der Waals surface area contributed by atoms with Gasteiger partial charge in [0.1, 0.15) is 22.6 Å². The van der Waals surface area contributed by atoms with Crippen LogP contribution < -0.4 is 16.0 Å². The van der Waals surface area contributed by atoms with Crippen molar-refractivity contribution in [1.29, 1.82) is 0 Å². The van der Waals surface area contributed by atoms with E-state index in [0.717, 1.165) is 0 Å². The molecule has 228 valence electrons. The molecule has 1 aromatic heterocycles. The Bertz CT molecular complexity index is 1050. The van der Waals surface area contributed by atoms with Crippen LogP contribution in [0.5, 0.6) is 0 Å². The molecule has 2 aliphatic heterocycles. The lowest BCUT2D eigenvalue weighted by Gasteiger charge is -2.35. The van der Waals surface area contributed by atoms with E-state index in [1.165, 1.54) is 73.8 Å². The third-order valence-corrected chi connectivity index (χ3v) is 8.22. The maximum atomic E-state index is 13.4. The van der Waals surface area contributed by atoms with Gasteiger partial charge in [-0.1, -0.05) is 73.1 Å². The molecule has 0 aromatic carbocycles. The summed E-state index contributed by atoms with van der Waals surface area (Å²) in [6.45, 7) is 8.82. The molecule has 12 nitrogen and oxygen atoms in total. The van der Waals surface area contributed by atoms with E-state index in [2.05, 4.69) is 25.9 Å². The fourth-order valence-electron chi connectivity index (χ4n) is 4.80. The molecule has 4 rings (SSSR count). The molecular weight excluding hydrogens is 548 g/mol. The van der Waals surface area contributed by atoms with Crippen molar-refractivity contribution in [3.63, 3.8) is 0 Å². The van der Waals surface area contributed by atoms with E-state index in [1.54, 1.807) is 20.8 Å². The molecule has 1 aliphatic carbocycles. The van der Waals surface area contributed by atoms with Crippen molar-refractivity contribution >= 4 is 41.4 Å². The third kappa shape index (κ3) is 9.98. The molecule has 1 aromatic rings. The Balaban J connectivity index is 0.000000640. The normalized spacial score (nSPS) is 22.3. The number of aliphatic carboxylic acids is 1. The number of carbonyl (C=O) groups excluding carboxylic acids is 4. The molecule has 4 N–H and O–H groups in total. The van der Waals surface area contributed by atoms with Crippen molar-refractivity contribution in [2.45, 2.75) is 96.5 Å². The molecule has 4 amide bonds. The summed E-state index contributed by atoms with van der Waals surface area (Å²) in [5.74, 6) is -2.99. The Morgan fingerprint density at radius 1 is 1.12 bits per heavy atom.